The summed E-state index contributed by atoms with van der Waals surface area (Å²) < 4.78 is 0. The fourth-order valence-electron chi connectivity index (χ4n) is 0. The van der Waals surface area contributed by atoms with Crippen LogP contribution in [0.2, 0.25) is 0 Å². The van der Waals surface area contributed by atoms with Crippen LogP contribution in [0.25, 0.3) is 0 Å². The second-order valence-electron chi connectivity index (χ2n) is 0. The second kappa shape index (κ2) is 20.9. The van der Waals surface area contributed by atoms with Gasteiger partial charge in [0.15, 0.2) is 0 Å². The summed E-state index contributed by atoms with van der Waals surface area (Å²) in [6.45, 7) is 0. The Hall–Kier alpha value is 1.86. The molecule has 0 atom stereocenters. The smallest absolute Gasteiger partial charge is 0.813 e. The van der Waals surface area contributed by atoms with E-state index in [-0.39, 0.29) is 27.0 Å². The predicted octanol–water partition coefficient (Wildman–Crippen LogP) is -0.232. The van der Waals surface area contributed by atoms with E-state index in [0.717, 1.165) is 23.2 Å². The Balaban J connectivity index is -0.00000000500. The van der Waals surface area contributed by atoms with Gasteiger partial charge >= 0.3 is 31.8 Å². The summed E-state index contributed by atoms with van der Waals surface area (Å²) in [4.78, 5) is 0. The number of hydrogen-bond donors (Lipinski definition) is 0. The van der Waals surface area contributed by atoms with Gasteiger partial charge in [0.2, 0.25) is 0 Å². The molecule has 4 heteroatoms. The third kappa shape index (κ3) is 9.13. The van der Waals surface area contributed by atoms with Crippen molar-refractivity contribution < 1.29 is 0 Å². The molecule has 4 heavy (non-hydrogen) atoms. The van der Waals surface area contributed by atoms with E-state index in [1.807, 2.05) is 0 Å². The molecule has 0 aliphatic rings. The summed E-state index contributed by atoms with van der Waals surface area (Å²) in [7, 11) is 4.77. The van der Waals surface area contributed by atoms with E-state index in [9.17, 15) is 0 Å². The molecule has 0 aromatic carbocycles. The summed E-state index contributed by atoms with van der Waals surface area (Å²) in [5, 5.41) is 0. The molecule has 0 spiro atoms. The fraction of sp³-hybridized carbons (Fsp3) is 0. The molecule has 0 bridgehead atoms. The molecular formula is H2ClInS2-2. The number of halogens is 1. The first-order valence-corrected chi connectivity index (χ1v) is 4.39. The van der Waals surface area contributed by atoms with Crippen LogP contribution in [0.4, 0.5) is 0 Å². The minimum Gasteiger partial charge on any atom is -0.813 e. The maximum absolute atomic E-state index is 4.77. The van der Waals surface area contributed by atoms with Crippen molar-refractivity contribution >= 4 is 58.8 Å². The van der Waals surface area contributed by atoms with Gasteiger partial charge in [0, 0.05) is 0 Å². The number of rotatable bonds is 0. The van der Waals surface area contributed by atoms with Crippen LogP contribution in [-0.2, 0) is 27.0 Å². The van der Waals surface area contributed by atoms with E-state index in [1.165, 1.54) is 0 Å². The molecule has 0 saturated carbocycles. The Morgan fingerprint density at radius 1 is 1.00 bits per heavy atom. The van der Waals surface area contributed by atoms with Crippen molar-refractivity contribution in [2.24, 2.45) is 0 Å². The Morgan fingerprint density at radius 2 is 1.00 bits per heavy atom. The van der Waals surface area contributed by atoms with Gasteiger partial charge in [-0.15, -0.1) is 0 Å². The molecule has 0 aliphatic heterocycles. The largest absolute Gasteiger partial charge is 0.813 e. The molecule has 26 valence electrons. The van der Waals surface area contributed by atoms with E-state index in [4.69, 9.17) is 8.58 Å². The molecule has 0 aromatic rings. The molecule has 2 radical (unpaired) electrons. The van der Waals surface area contributed by atoms with E-state index >= 15 is 0 Å². The van der Waals surface area contributed by atoms with Crippen molar-refractivity contribution in [1.29, 1.82) is 0 Å². The maximum atomic E-state index is 4.77. The maximum Gasteiger partial charge on any atom is -0.813 e. The van der Waals surface area contributed by atoms with Gasteiger partial charge in [-0.1, -0.05) is 0 Å². The summed E-state index contributed by atoms with van der Waals surface area (Å²) >= 11 is 0.822. The monoisotopic (exact) mass is 216 g/mol. The zero-order valence-electron chi connectivity index (χ0n) is 1.85. The molecule has 0 fully saturated rings. The van der Waals surface area contributed by atoms with Crippen LogP contribution in [0.3, 0.4) is 0 Å². The molecule has 0 N–H and O–H groups in total. The van der Waals surface area contributed by atoms with Gasteiger partial charge in [-0.25, -0.2) is 0 Å². The minimum atomic E-state index is 0. The third-order valence-corrected chi connectivity index (χ3v) is 0. The van der Waals surface area contributed by atoms with Gasteiger partial charge in [-0.05, 0) is 0 Å². The topological polar surface area (TPSA) is 0 Å². The van der Waals surface area contributed by atoms with E-state index < -0.39 is 0 Å². The normalized spacial score (nSPS) is 1.25. The first-order valence-electron chi connectivity index (χ1n) is 0.218. The van der Waals surface area contributed by atoms with E-state index in [0.29, 0.717) is 0 Å². The molecule has 0 nitrogen and oxygen atoms in total. The van der Waals surface area contributed by atoms with Gasteiger partial charge in [-0.3, -0.25) is 0 Å². The van der Waals surface area contributed by atoms with Crippen molar-refractivity contribution in [3.8, 4) is 0 Å². The van der Waals surface area contributed by atoms with Crippen molar-refractivity contribution in [1.82, 2.24) is 0 Å². The molecule has 0 amide bonds. The molecule has 0 aliphatic carbocycles. The fourth-order valence-corrected chi connectivity index (χ4v) is 0. The second-order valence-corrected chi connectivity index (χ2v) is 0. The zero-order chi connectivity index (χ0) is 2.00. The summed E-state index contributed by atoms with van der Waals surface area (Å²) in [5.74, 6) is 0. The van der Waals surface area contributed by atoms with Crippen molar-refractivity contribution in [3.05, 3.63) is 0 Å². The molecule has 0 heterocycles. The van der Waals surface area contributed by atoms with Gasteiger partial charge < -0.3 is 27.0 Å². The third-order valence-electron chi connectivity index (χ3n) is 0. The Kier molecular flexibility index (Phi) is 88.5. The van der Waals surface area contributed by atoms with Crippen LogP contribution in [0, 0.1) is 0 Å². The first kappa shape index (κ1) is 16.9. The van der Waals surface area contributed by atoms with E-state index in [2.05, 4.69) is 0 Å². The van der Waals surface area contributed by atoms with Crippen LogP contribution in [0.15, 0.2) is 0 Å². The van der Waals surface area contributed by atoms with E-state index in [1.54, 1.807) is 0 Å². The SMILES string of the molecule is [Cl][In].[SH-].[SH-]. The predicted molar refractivity (Wildman–Crippen MR) is 29.1 cm³/mol. The summed E-state index contributed by atoms with van der Waals surface area (Å²) in [6.07, 6.45) is 0. The summed E-state index contributed by atoms with van der Waals surface area (Å²) in [6, 6.07) is 0. The van der Waals surface area contributed by atoms with Gasteiger partial charge in [-0.2, -0.15) is 0 Å². The number of hydrogen-bond acceptors (Lipinski definition) is 2. The van der Waals surface area contributed by atoms with Gasteiger partial charge in [0.1, 0.15) is 0 Å². The molecule has 0 saturated heterocycles. The van der Waals surface area contributed by atoms with Crippen molar-refractivity contribution in [3.63, 3.8) is 0 Å². The average molecular weight is 216 g/mol. The van der Waals surface area contributed by atoms with Crippen LogP contribution in [0.5, 0.6) is 0 Å². The number of thiol groups is 2. The Bertz CT molecular complexity index is 6.00. The Labute approximate surface area is 58.3 Å². The first-order chi connectivity index (χ1) is 1.00. The standard InChI is InChI=1S/ClH.In.2H2S/h1H;;2*1H2/q;+1;;/p-3. The van der Waals surface area contributed by atoms with Crippen LogP contribution < -0.4 is 0 Å². The molecular weight excluding hydrogens is 214 g/mol. The average Bonchev–Trinajstić information content (AvgIpc) is 1.00. The van der Waals surface area contributed by atoms with Crippen LogP contribution in [0.1, 0.15) is 0 Å². The Morgan fingerprint density at radius 3 is 1.00 bits per heavy atom. The van der Waals surface area contributed by atoms with Gasteiger partial charge in [0.25, 0.3) is 0 Å². The minimum absolute atomic E-state index is 0. The quantitative estimate of drug-likeness (QED) is 0.405. The molecule has 0 unspecified atom stereocenters. The van der Waals surface area contributed by atoms with Crippen LogP contribution >= 0.6 is 8.58 Å². The molecule has 0 rings (SSSR count). The van der Waals surface area contributed by atoms with Crippen molar-refractivity contribution in [2.45, 2.75) is 0 Å². The molecule has 0 aromatic heterocycles. The van der Waals surface area contributed by atoms with Crippen LogP contribution in [-0.4, -0.2) is 23.2 Å². The van der Waals surface area contributed by atoms with Gasteiger partial charge in [0.05, 0.1) is 0 Å². The summed E-state index contributed by atoms with van der Waals surface area (Å²) in [5.41, 5.74) is 0. The van der Waals surface area contributed by atoms with Crippen molar-refractivity contribution in [2.75, 3.05) is 0 Å². The zero-order valence-corrected chi connectivity index (χ0v) is 7.69.